The minimum atomic E-state index is -0.454. The lowest BCUT2D eigenvalue weighted by Gasteiger charge is -2.30. The summed E-state index contributed by atoms with van der Waals surface area (Å²) in [6, 6.07) is 9.89. The van der Waals surface area contributed by atoms with E-state index in [-0.39, 0.29) is 12.7 Å². The van der Waals surface area contributed by atoms with Crippen LogP contribution in [0.4, 0.5) is 17.5 Å². The largest absolute Gasteiger partial charge is 0.395 e. The highest BCUT2D eigenvalue weighted by molar-refractivity contribution is 5.76. The Hall–Kier alpha value is -3.52. The Kier molecular flexibility index (Phi) is 6.15. The molecule has 0 aliphatic carbocycles. The van der Waals surface area contributed by atoms with Crippen LogP contribution in [0.2, 0.25) is 0 Å². The van der Waals surface area contributed by atoms with Crippen molar-refractivity contribution in [3.63, 3.8) is 0 Å². The van der Waals surface area contributed by atoms with Crippen LogP contribution in [0, 0.1) is 18.3 Å². The average Bonchev–Trinajstić information content (AvgIpc) is 3.38. The first-order valence-corrected chi connectivity index (χ1v) is 11.8. The maximum Gasteiger partial charge on any atom is 0.228 e. The summed E-state index contributed by atoms with van der Waals surface area (Å²) >= 11 is 0. The van der Waals surface area contributed by atoms with Gasteiger partial charge in [-0.25, -0.2) is 14.6 Å². The van der Waals surface area contributed by atoms with E-state index >= 15 is 0 Å². The molecule has 10 nitrogen and oxygen atoms in total. The predicted molar refractivity (Wildman–Crippen MR) is 133 cm³/mol. The number of nitrogens with one attached hydrogen (secondary N) is 2. The number of nitrogens with zero attached hydrogens (tertiary/aromatic N) is 6. The van der Waals surface area contributed by atoms with Crippen molar-refractivity contribution in [3.05, 3.63) is 47.3 Å². The van der Waals surface area contributed by atoms with Crippen LogP contribution in [0.1, 0.15) is 23.7 Å². The monoisotopic (exact) mass is 474 g/mol. The van der Waals surface area contributed by atoms with Gasteiger partial charge in [-0.2, -0.15) is 10.4 Å². The van der Waals surface area contributed by atoms with E-state index in [2.05, 4.69) is 38.7 Å². The van der Waals surface area contributed by atoms with Gasteiger partial charge in [-0.1, -0.05) is 6.92 Å². The number of morpholine rings is 1. The normalized spacial score (nSPS) is 21.9. The van der Waals surface area contributed by atoms with Crippen LogP contribution in [0.25, 0.3) is 11.3 Å². The molecule has 5 rings (SSSR count). The highest BCUT2D eigenvalue weighted by Crippen LogP contribution is 2.41. The first-order valence-electron chi connectivity index (χ1n) is 11.8. The number of anilines is 3. The van der Waals surface area contributed by atoms with Crippen molar-refractivity contribution in [1.82, 2.24) is 24.6 Å². The zero-order valence-electron chi connectivity index (χ0n) is 20.2. The van der Waals surface area contributed by atoms with E-state index in [1.54, 1.807) is 6.20 Å². The Balaban J connectivity index is 1.43. The number of rotatable bonds is 6. The summed E-state index contributed by atoms with van der Waals surface area (Å²) < 4.78 is 7.82. The third kappa shape index (κ3) is 4.58. The molecule has 2 aromatic heterocycles. The van der Waals surface area contributed by atoms with Gasteiger partial charge in [0.15, 0.2) is 0 Å². The van der Waals surface area contributed by atoms with Gasteiger partial charge in [0.2, 0.25) is 5.95 Å². The molecule has 0 spiro atoms. The molecular formula is C25H30N8O2. The summed E-state index contributed by atoms with van der Waals surface area (Å²) in [5.41, 5.74) is 4.18. The van der Waals surface area contributed by atoms with Gasteiger partial charge in [-0.15, -0.1) is 0 Å². The second-order valence-electron chi connectivity index (χ2n) is 9.63. The number of aliphatic hydroxyl groups excluding tert-OH is 1. The minimum absolute atomic E-state index is 0.0122. The molecule has 1 saturated heterocycles. The molecule has 1 unspecified atom stereocenters. The van der Waals surface area contributed by atoms with Crippen molar-refractivity contribution in [2.24, 2.45) is 0 Å². The second kappa shape index (κ2) is 9.26. The number of aromatic nitrogens is 4. The topological polar surface area (TPSA) is 124 Å². The summed E-state index contributed by atoms with van der Waals surface area (Å²) in [7, 11) is 2.10. The lowest BCUT2D eigenvalue weighted by atomic mass is 9.83. The number of hydrogen-bond donors (Lipinski definition) is 3. The molecule has 0 saturated carbocycles. The number of likely N-dealkylation sites (N-methyl/N-ethyl adjacent to an activating group) is 1. The standard InChI is InChI=1S/C25H30N8O2/c1-16-8-22(33(31-16)13-19-12-32(3)6-7-35-19)30-24-27-5-4-21(29-24)17-9-18(11-26)23-20(10-17)25(2,15-34)14-28-23/h4-5,8-10,19,28,34H,6-7,12-15H2,1-3H3,(H,27,29,30)/t19-,25?/m0/s1. The van der Waals surface area contributed by atoms with Crippen molar-refractivity contribution < 1.29 is 9.84 Å². The molecule has 2 atom stereocenters. The van der Waals surface area contributed by atoms with Crippen LogP contribution in [-0.4, -0.2) is 75.8 Å². The lowest BCUT2D eigenvalue weighted by Crippen LogP contribution is -2.42. The van der Waals surface area contributed by atoms with Crippen LogP contribution < -0.4 is 10.6 Å². The van der Waals surface area contributed by atoms with Crippen molar-refractivity contribution in [3.8, 4) is 17.3 Å². The molecule has 0 bridgehead atoms. The van der Waals surface area contributed by atoms with Crippen LogP contribution in [-0.2, 0) is 16.7 Å². The van der Waals surface area contributed by atoms with E-state index in [1.807, 2.05) is 42.8 Å². The van der Waals surface area contributed by atoms with E-state index in [9.17, 15) is 10.4 Å². The van der Waals surface area contributed by atoms with E-state index in [0.717, 1.165) is 41.4 Å². The van der Waals surface area contributed by atoms with Gasteiger partial charge in [-0.05, 0) is 37.7 Å². The maximum atomic E-state index is 9.99. The number of fused-ring (bicyclic) bond motifs is 1. The molecule has 2 aliphatic heterocycles. The number of aliphatic hydroxyl groups is 1. The number of aryl methyl sites for hydroxylation is 1. The quantitative estimate of drug-likeness (QED) is 0.493. The van der Waals surface area contributed by atoms with Crippen LogP contribution in [0.15, 0.2) is 30.5 Å². The molecule has 182 valence electrons. The Labute approximate surface area is 204 Å². The Bertz CT molecular complexity index is 1280. The van der Waals surface area contributed by atoms with Gasteiger partial charge in [0.25, 0.3) is 0 Å². The van der Waals surface area contributed by atoms with E-state index in [4.69, 9.17) is 9.72 Å². The van der Waals surface area contributed by atoms with Crippen LogP contribution >= 0.6 is 0 Å². The highest BCUT2D eigenvalue weighted by Gasteiger charge is 2.36. The summed E-state index contributed by atoms with van der Waals surface area (Å²) in [5.74, 6) is 1.23. The average molecular weight is 475 g/mol. The van der Waals surface area contributed by atoms with Crippen molar-refractivity contribution >= 4 is 17.5 Å². The molecule has 3 aromatic rings. The summed E-state index contributed by atoms with van der Waals surface area (Å²) in [5, 5.41) is 30.9. The molecule has 2 aliphatic rings. The van der Waals surface area contributed by atoms with Crippen LogP contribution in [0.3, 0.4) is 0 Å². The Morgan fingerprint density at radius 1 is 1.37 bits per heavy atom. The third-order valence-corrected chi connectivity index (χ3v) is 6.73. The van der Waals surface area contributed by atoms with E-state index in [0.29, 0.717) is 36.9 Å². The van der Waals surface area contributed by atoms with Gasteiger partial charge in [0.1, 0.15) is 11.9 Å². The Morgan fingerprint density at radius 3 is 3.00 bits per heavy atom. The minimum Gasteiger partial charge on any atom is -0.395 e. The molecule has 1 fully saturated rings. The molecule has 0 radical (unpaired) electrons. The van der Waals surface area contributed by atoms with Gasteiger partial charge < -0.3 is 25.4 Å². The molecule has 10 heteroatoms. The molecule has 35 heavy (non-hydrogen) atoms. The first kappa shape index (κ1) is 23.2. The fourth-order valence-corrected chi connectivity index (χ4v) is 4.71. The van der Waals surface area contributed by atoms with E-state index < -0.39 is 5.41 Å². The molecule has 3 N–H and O–H groups in total. The Morgan fingerprint density at radius 2 is 2.23 bits per heavy atom. The number of benzene rings is 1. The molecular weight excluding hydrogens is 444 g/mol. The van der Waals surface area contributed by atoms with Gasteiger partial charge in [0.05, 0.1) is 48.5 Å². The van der Waals surface area contributed by atoms with Crippen molar-refractivity contribution in [2.75, 3.05) is 50.5 Å². The van der Waals surface area contributed by atoms with Crippen LogP contribution in [0.5, 0.6) is 0 Å². The summed E-state index contributed by atoms with van der Waals surface area (Å²) in [6.07, 6.45) is 1.76. The summed E-state index contributed by atoms with van der Waals surface area (Å²) in [4.78, 5) is 11.4. The second-order valence-corrected chi connectivity index (χ2v) is 9.63. The first-order chi connectivity index (χ1) is 16.9. The number of hydrogen-bond acceptors (Lipinski definition) is 9. The molecule has 4 heterocycles. The fourth-order valence-electron chi connectivity index (χ4n) is 4.71. The smallest absolute Gasteiger partial charge is 0.228 e. The lowest BCUT2D eigenvalue weighted by molar-refractivity contribution is -0.0287. The third-order valence-electron chi connectivity index (χ3n) is 6.73. The summed E-state index contributed by atoms with van der Waals surface area (Å²) in [6.45, 7) is 7.64. The fraction of sp³-hybridized carbons (Fsp3) is 0.440. The predicted octanol–water partition coefficient (Wildman–Crippen LogP) is 2.27. The van der Waals surface area contributed by atoms with Crippen molar-refractivity contribution in [1.29, 1.82) is 5.26 Å². The van der Waals surface area contributed by atoms with Gasteiger partial charge >= 0.3 is 0 Å². The van der Waals surface area contributed by atoms with Gasteiger partial charge in [-0.3, -0.25) is 0 Å². The van der Waals surface area contributed by atoms with Gasteiger partial charge in [0, 0.05) is 42.9 Å². The van der Waals surface area contributed by atoms with Crippen molar-refractivity contribution in [2.45, 2.75) is 31.9 Å². The molecule has 0 amide bonds. The maximum absolute atomic E-state index is 9.99. The molecule has 1 aromatic carbocycles. The zero-order valence-corrected chi connectivity index (χ0v) is 20.2. The zero-order chi connectivity index (χ0) is 24.6. The highest BCUT2D eigenvalue weighted by atomic mass is 16.5. The SMILES string of the molecule is Cc1cc(Nc2nccc(-c3cc(C#N)c4c(c3)C(C)(CO)CN4)n2)n(C[C@@H]2CN(C)CCO2)n1. The number of ether oxygens (including phenoxy) is 1. The van der Waals surface area contributed by atoms with E-state index in [1.165, 1.54) is 0 Å². The number of nitriles is 1.